The number of hydrogen-bond donors (Lipinski definition) is 1. The second-order valence-corrected chi connectivity index (χ2v) is 20.0. The van der Waals surface area contributed by atoms with Gasteiger partial charge >= 0.3 is 11.9 Å². The molecule has 0 bridgehead atoms. The Kier molecular flexibility index (Phi) is 57.9. The maximum absolute atomic E-state index is 12.3. The molecule has 0 saturated heterocycles. The Morgan fingerprint density at radius 1 is 0.343 bits per heavy atom. The van der Waals surface area contributed by atoms with Gasteiger partial charge in [-0.05, 0) is 89.9 Å². The molecule has 5 heteroatoms. The minimum atomic E-state index is -0.777. The highest BCUT2D eigenvalue weighted by atomic mass is 16.6. The van der Waals surface area contributed by atoms with E-state index < -0.39 is 6.10 Å². The van der Waals surface area contributed by atoms with E-state index in [0.29, 0.717) is 12.8 Å². The predicted molar refractivity (Wildman–Crippen MR) is 306 cm³/mol. The van der Waals surface area contributed by atoms with E-state index in [9.17, 15) is 14.7 Å². The van der Waals surface area contributed by atoms with Gasteiger partial charge in [0.2, 0.25) is 0 Å². The fourth-order valence-corrected chi connectivity index (χ4v) is 8.67. The number of unbranched alkanes of at least 4 members (excludes halogenated alkanes) is 33. The first-order valence-corrected chi connectivity index (χ1v) is 30.1. The molecule has 0 saturated carbocycles. The maximum Gasteiger partial charge on any atom is 0.306 e. The molecule has 0 aliphatic heterocycles. The van der Waals surface area contributed by atoms with Gasteiger partial charge in [-0.2, -0.15) is 0 Å². The molecule has 0 aromatic rings. The first-order valence-electron chi connectivity index (χ1n) is 30.1. The average Bonchev–Trinajstić information content (AvgIpc) is 3.36. The van der Waals surface area contributed by atoms with E-state index in [4.69, 9.17) is 9.47 Å². The molecule has 0 aliphatic carbocycles. The summed E-state index contributed by atoms with van der Waals surface area (Å²) in [5.74, 6) is -0.585. The Bertz CT molecular complexity index is 1290. The smallest absolute Gasteiger partial charge is 0.306 e. The molecule has 0 spiro atoms. The van der Waals surface area contributed by atoms with Gasteiger partial charge in [-0.15, -0.1) is 0 Å². The van der Waals surface area contributed by atoms with Gasteiger partial charge in [-0.25, -0.2) is 0 Å². The van der Waals surface area contributed by atoms with Crippen LogP contribution in [0.25, 0.3) is 0 Å². The molecule has 1 unspecified atom stereocenters. The number of allylic oxidation sites excluding steroid dienone is 14. The Morgan fingerprint density at radius 3 is 0.929 bits per heavy atom. The van der Waals surface area contributed by atoms with Crippen LogP contribution in [0.2, 0.25) is 0 Å². The van der Waals surface area contributed by atoms with Gasteiger partial charge in [0.25, 0.3) is 0 Å². The van der Waals surface area contributed by atoms with Crippen molar-refractivity contribution in [2.75, 3.05) is 13.2 Å². The minimum Gasteiger partial charge on any atom is -0.462 e. The number of rotatable bonds is 55. The van der Waals surface area contributed by atoms with Gasteiger partial charge in [-0.3, -0.25) is 9.59 Å². The topological polar surface area (TPSA) is 72.8 Å². The fraction of sp³-hybridized carbons (Fsp3) is 0.754. The second kappa shape index (κ2) is 60.4. The molecule has 1 atom stereocenters. The van der Waals surface area contributed by atoms with Crippen LogP contribution in [0.15, 0.2) is 85.1 Å². The quantitative estimate of drug-likeness (QED) is 0.0373. The van der Waals surface area contributed by atoms with E-state index in [2.05, 4.69) is 98.9 Å². The van der Waals surface area contributed by atoms with Crippen LogP contribution in [-0.4, -0.2) is 36.4 Å². The van der Waals surface area contributed by atoms with Crippen LogP contribution in [0.5, 0.6) is 0 Å². The Morgan fingerprint density at radius 2 is 0.614 bits per heavy atom. The van der Waals surface area contributed by atoms with Gasteiger partial charge in [0.05, 0.1) is 6.61 Å². The molecule has 0 aliphatic rings. The summed E-state index contributed by atoms with van der Waals surface area (Å²) < 4.78 is 10.7. The number of esters is 2. The first-order chi connectivity index (χ1) is 34.6. The van der Waals surface area contributed by atoms with E-state index in [0.717, 1.165) is 77.0 Å². The van der Waals surface area contributed by atoms with Gasteiger partial charge in [-0.1, -0.05) is 279 Å². The lowest BCUT2D eigenvalue weighted by Crippen LogP contribution is -2.28. The summed E-state index contributed by atoms with van der Waals surface area (Å²) in [6.07, 6.45) is 84.2. The molecule has 0 heterocycles. The molecule has 0 radical (unpaired) electrons. The Hall–Kier alpha value is -2.92. The lowest BCUT2D eigenvalue weighted by molar-refractivity contribution is -0.161. The number of aliphatic hydroxyl groups excluding tert-OH is 1. The molecule has 70 heavy (non-hydrogen) atoms. The summed E-state index contributed by atoms with van der Waals surface area (Å²) >= 11 is 0. The summed E-state index contributed by atoms with van der Waals surface area (Å²) in [4.78, 5) is 24.6. The zero-order valence-electron chi connectivity index (χ0n) is 46.3. The zero-order valence-corrected chi connectivity index (χ0v) is 46.3. The van der Waals surface area contributed by atoms with Crippen molar-refractivity contribution in [2.45, 2.75) is 302 Å². The molecule has 5 nitrogen and oxygen atoms in total. The Balaban J connectivity index is 3.47. The fourth-order valence-electron chi connectivity index (χ4n) is 8.67. The van der Waals surface area contributed by atoms with Crippen molar-refractivity contribution in [1.82, 2.24) is 0 Å². The van der Waals surface area contributed by atoms with Crippen LogP contribution in [0.1, 0.15) is 296 Å². The minimum absolute atomic E-state index is 0.0675. The van der Waals surface area contributed by atoms with E-state index in [1.807, 2.05) is 0 Å². The summed E-state index contributed by atoms with van der Waals surface area (Å²) in [7, 11) is 0. The van der Waals surface area contributed by atoms with Crippen molar-refractivity contribution in [3.63, 3.8) is 0 Å². The third kappa shape index (κ3) is 57.7. The van der Waals surface area contributed by atoms with Crippen molar-refractivity contribution in [3.05, 3.63) is 85.1 Å². The van der Waals surface area contributed by atoms with Crippen LogP contribution in [0, 0.1) is 0 Å². The molecule has 0 aromatic carbocycles. The summed E-state index contributed by atoms with van der Waals surface area (Å²) in [6.45, 7) is 4.04. The molecule has 0 rings (SSSR count). The van der Waals surface area contributed by atoms with E-state index in [-0.39, 0.29) is 25.2 Å². The molecule has 0 amide bonds. The maximum atomic E-state index is 12.3. The Labute approximate surface area is 435 Å². The number of hydrogen-bond acceptors (Lipinski definition) is 5. The van der Waals surface area contributed by atoms with E-state index >= 15 is 0 Å². The van der Waals surface area contributed by atoms with Crippen LogP contribution in [-0.2, 0) is 19.1 Å². The molecule has 0 aromatic heterocycles. The molecular formula is C65H114O5. The summed E-state index contributed by atoms with van der Waals surface area (Å²) in [5.41, 5.74) is 0. The monoisotopic (exact) mass is 975 g/mol. The van der Waals surface area contributed by atoms with E-state index in [1.165, 1.54) is 193 Å². The summed E-state index contributed by atoms with van der Waals surface area (Å²) in [6, 6.07) is 0. The molecular weight excluding hydrogens is 861 g/mol. The first kappa shape index (κ1) is 67.1. The average molecular weight is 976 g/mol. The van der Waals surface area contributed by atoms with Gasteiger partial charge in [0, 0.05) is 12.8 Å². The molecule has 404 valence electrons. The van der Waals surface area contributed by atoms with Gasteiger partial charge in [0.15, 0.2) is 6.10 Å². The van der Waals surface area contributed by atoms with Crippen molar-refractivity contribution < 1.29 is 24.2 Å². The van der Waals surface area contributed by atoms with Crippen molar-refractivity contribution in [3.8, 4) is 0 Å². The third-order valence-corrected chi connectivity index (χ3v) is 13.2. The molecule has 1 N–H and O–H groups in total. The number of carbonyl (C=O) groups excluding carboxylic acids is 2. The van der Waals surface area contributed by atoms with Crippen LogP contribution in [0.4, 0.5) is 0 Å². The van der Waals surface area contributed by atoms with Crippen LogP contribution < -0.4 is 0 Å². The van der Waals surface area contributed by atoms with Gasteiger partial charge in [0.1, 0.15) is 6.61 Å². The lowest BCUT2D eigenvalue weighted by atomic mass is 10.0. The number of carbonyl (C=O) groups is 2. The highest BCUT2D eigenvalue weighted by molar-refractivity contribution is 5.70. The molecule has 0 fully saturated rings. The lowest BCUT2D eigenvalue weighted by Gasteiger charge is -2.15. The number of aliphatic hydroxyl groups is 1. The zero-order chi connectivity index (χ0) is 50.6. The van der Waals surface area contributed by atoms with Crippen molar-refractivity contribution in [2.24, 2.45) is 0 Å². The predicted octanol–water partition coefficient (Wildman–Crippen LogP) is 20.5. The van der Waals surface area contributed by atoms with Crippen molar-refractivity contribution in [1.29, 1.82) is 0 Å². The SMILES string of the molecule is CC/C=C\C/C=C\C/C=C\C/C=C\CCCCCCCCCCCCCCC(=O)OC(CO)COC(=O)CCCCCCCCCCCCCCCCCC/C=C\C/C=C\C/C=C\CCCCCCC. The number of ether oxygens (including phenoxy) is 2. The normalized spacial score (nSPS) is 12.8. The third-order valence-electron chi connectivity index (χ3n) is 13.2. The van der Waals surface area contributed by atoms with E-state index in [1.54, 1.807) is 0 Å². The highest BCUT2D eigenvalue weighted by Crippen LogP contribution is 2.17. The van der Waals surface area contributed by atoms with Crippen molar-refractivity contribution >= 4 is 11.9 Å². The second-order valence-electron chi connectivity index (χ2n) is 20.0. The van der Waals surface area contributed by atoms with Crippen LogP contribution in [0.3, 0.4) is 0 Å². The standard InChI is InChI=1S/C65H114O5/c1-3-5-7-9-11-13-15-17-19-21-23-25-27-29-30-31-32-33-34-36-37-39-41-43-45-47-49-51-53-55-57-59-64(67)69-62-63(61-66)70-65(68)60-58-56-54-52-50-48-46-44-42-40-38-35-28-26-24-22-20-18-16-14-12-10-8-6-4-2/h6,8,12,14-15,17-18,20-21,23-24,26-27,29,63,66H,3-5,7,9-11,13,16,19,22,25,28,30-62H2,1-2H3/b8-6-,14-12-,17-15-,20-18-,23-21-,26-24-,29-27-. The highest BCUT2D eigenvalue weighted by Gasteiger charge is 2.16. The van der Waals surface area contributed by atoms with Gasteiger partial charge < -0.3 is 14.6 Å². The van der Waals surface area contributed by atoms with Crippen LogP contribution >= 0.6 is 0 Å². The summed E-state index contributed by atoms with van der Waals surface area (Å²) in [5, 5.41) is 9.67. The largest absolute Gasteiger partial charge is 0.462 e.